The molecule has 1 N–H and O–H groups in total. The lowest BCUT2D eigenvalue weighted by atomic mass is 10.1. The Bertz CT molecular complexity index is 625. The smallest absolute Gasteiger partial charge is 0.337 e. The van der Waals surface area contributed by atoms with Crippen molar-refractivity contribution in [2.24, 2.45) is 0 Å². The molecule has 6 heteroatoms. The maximum absolute atomic E-state index is 11.3. The molecule has 0 radical (unpaired) electrons. The van der Waals surface area contributed by atoms with Gasteiger partial charge in [0.1, 0.15) is 5.75 Å². The van der Waals surface area contributed by atoms with Crippen LogP contribution < -0.4 is 9.64 Å². The Morgan fingerprint density at radius 2 is 2.25 bits per heavy atom. The van der Waals surface area contributed by atoms with Crippen molar-refractivity contribution in [1.29, 1.82) is 0 Å². The van der Waals surface area contributed by atoms with Crippen molar-refractivity contribution in [1.82, 2.24) is 4.98 Å². The van der Waals surface area contributed by atoms with Gasteiger partial charge in [-0.1, -0.05) is 0 Å². The van der Waals surface area contributed by atoms with Crippen LogP contribution in [-0.4, -0.2) is 30.2 Å². The van der Waals surface area contributed by atoms with Crippen molar-refractivity contribution in [2.45, 2.75) is 13.5 Å². The molecule has 0 atom stereocenters. The summed E-state index contributed by atoms with van der Waals surface area (Å²) in [5, 5.41) is 9.28. The minimum Gasteiger partial charge on any atom is -0.497 e. The highest BCUT2D eigenvalue weighted by molar-refractivity contribution is 7.09. The Morgan fingerprint density at radius 3 is 2.80 bits per heavy atom. The summed E-state index contributed by atoms with van der Waals surface area (Å²) in [6, 6.07) is 4.95. The maximum atomic E-state index is 11.3. The van der Waals surface area contributed by atoms with Crippen molar-refractivity contribution >= 4 is 23.0 Å². The summed E-state index contributed by atoms with van der Waals surface area (Å²) in [6.07, 6.45) is 0. The van der Waals surface area contributed by atoms with Gasteiger partial charge in [-0.05, 0) is 19.1 Å². The number of carboxylic acid groups (broad SMARTS) is 1. The molecule has 0 unspecified atom stereocenters. The van der Waals surface area contributed by atoms with Crippen molar-refractivity contribution in [2.75, 3.05) is 19.1 Å². The van der Waals surface area contributed by atoms with Gasteiger partial charge in [0.05, 0.1) is 36.1 Å². The standard InChI is InChI=1S/C14H16N2O3S/c1-9-13(20-8-15-9)7-16(2)12-6-10(19-3)4-5-11(12)14(17)18/h4-6,8H,7H2,1-3H3,(H,17,18). The number of benzene rings is 1. The number of ether oxygens (including phenoxy) is 1. The summed E-state index contributed by atoms with van der Waals surface area (Å²) in [5.74, 6) is -0.312. The molecule has 0 aliphatic heterocycles. The molecule has 0 amide bonds. The van der Waals surface area contributed by atoms with Crippen LogP contribution in [0.15, 0.2) is 23.7 Å². The molecule has 0 aliphatic rings. The van der Waals surface area contributed by atoms with E-state index in [1.165, 1.54) is 0 Å². The normalized spacial score (nSPS) is 10.3. The van der Waals surface area contributed by atoms with E-state index in [0.29, 0.717) is 18.0 Å². The maximum Gasteiger partial charge on any atom is 0.337 e. The van der Waals surface area contributed by atoms with Gasteiger partial charge in [-0.15, -0.1) is 11.3 Å². The van der Waals surface area contributed by atoms with E-state index >= 15 is 0 Å². The van der Waals surface area contributed by atoms with Crippen molar-refractivity contribution < 1.29 is 14.6 Å². The molecule has 0 bridgehead atoms. The van der Waals surface area contributed by atoms with Crippen LogP contribution in [0.5, 0.6) is 5.75 Å². The Kier molecular flexibility index (Phi) is 4.24. The van der Waals surface area contributed by atoms with Gasteiger partial charge in [0.15, 0.2) is 0 Å². The largest absolute Gasteiger partial charge is 0.497 e. The molecule has 0 saturated heterocycles. The predicted octanol–water partition coefficient (Wildman–Crippen LogP) is 2.79. The second kappa shape index (κ2) is 5.92. The molecule has 20 heavy (non-hydrogen) atoms. The summed E-state index contributed by atoms with van der Waals surface area (Å²) in [5.41, 5.74) is 3.66. The number of nitrogens with zero attached hydrogens (tertiary/aromatic N) is 2. The molecule has 106 valence electrons. The zero-order chi connectivity index (χ0) is 14.7. The van der Waals surface area contributed by atoms with E-state index in [4.69, 9.17) is 4.74 Å². The number of hydrogen-bond acceptors (Lipinski definition) is 5. The van der Waals surface area contributed by atoms with Gasteiger partial charge in [-0.25, -0.2) is 9.78 Å². The van der Waals surface area contributed by atoms with E-state index in [2.05, 4.69) is 4.98 Å². The van der Waals surface area contributed by atoms with Gasteiger partial charge >= 0.3 is 5.97 Å². The lowest BCUT2D eigenvalue weighted by molar-refractivity contribution is 0.0697. The van der Waals surface area contributed by atoms with E-state index in [1.807, 2.05) is 18.9 Å². The Balaban J connectivity index is 2.34. The third kappa shape index (κ3) is 2.91. The van der Waals surface area contributed by atoms with Gasteiger partial charge in [-0.2, -0.15) is 0 Å². The summed E-state index contributed by atoms with van der Waals surface area (Å²) in [7, 11) is 3.42. The molecule has 5 nitrogen and oxygen atoms in total. The Morgan fingerprint density at radius 1 is 1.50 bits per heavy atom. The van der Waals surface area contributed by atoms with Crippen LogP contribution in [0.3, 0.4) is 0 Å². The van der Waals surface area contributed by atoms with Crippen LogP contribution in [0.1, 0.15) is 20.9 Å². The molecular formula is C14H16N2O3S. The molecular weight excluding hydrogens is 276 g/mol. The molecule has 0 fully saturated rings. The number of anilines is 1. The number of carboxylic acids is 1. The van der Waals surface area contributed by atoms with Crippen LogP contribution in [-0.2, 0) is 6.54 Å². The van der Waals surface area contributed by atoms with Gasteiger partial charge in [-0.3, -0.25) is 0 Å². The Labute approximate surface area is 121 Å². The number of carbonyl (C=O) groups is 1. The molecule has 0 saturated carbocycles. The molecule has 1 aromatic heterocycles. The Hall–Kier alpha value is -2.08. The number of hydrogen-bond donors (Lipinski definition) is 1. The van der Waals surface area contributed by atoms with E-state index in [-0.39, 0.29) is 5.56 Å². The van der Waals surface area contributed by atoms with Crippen LogP contribution in [0.2, 0.25) is 0 Å². The minimum atomic E-state index is -0.949. The highest BCUT2D eigenvalue weighted by Gasteiger charge is 2.16. The van der Waals surface area contributed by atoms with Gasteiger partial charge in [0, 0.05) is 18.0 Å². The quantitative estimate of drug-likeness (QED) is 0.918. The van der Waals surface area contributed by atoms with Crippen LogP contribution in [0.4, 0.5) is 5.69 Å². The first-order valence-corrected chi connectivity index (χ1v) is 6.92. The summed E-state index contributed by atoms with van der Waals surface area (Å²) in [4.78, 5) is 18.5. The molecule has 0 spiro atoms. The molecule has 1 aromatic carbocycles. The van der Waals surface area contributed by atoms with E-state index in [0.717, 1.165) is 10.6 Å². The van der Waals surface area contributed by atoms with Crippen LogP contribution >= 0.6 is 11.3 Å². The first kappa shape index (κ1) is 14.3. The van der Waals surface area contributed by atoms with E-state index in [1.54, 1.807) is 42.2 Å². The predicted molar refractivity (Wildman–Crippen MR) is 78.9 cm³/mol. The SMILES string of the molecule is COc1ccc(C(=O)O)c(N(C)Cc2scnc2C)c1. The van der Waals surface area contributed by atoms with E-state index in [9.17, 15) is 9.90 Å². The lowest BCUT2D eigenvalue weighted by Crippen LogP contribution is -2.19. The summed E-state index contributed by atoms with van der Waals surface area (Å²) in [6.45, 7) is 2.56. The van der Waals surface area contributed by atoms with Crippen molar-refractivity contribution in [3.05, 3.63) is 39.8 Å². The van der Waals surface area contributed by atoms with E-state index < -0.39 is 5.97 Å². The average Bonchev–Trinajstić information content (AvgIpc) is 2.83. The fourth-order valence-corrected chi connectivity index (χ4v) is 2.74. The second-order valence-electron chi connectivity index (χ2n) is 4.41. The summed E-state index contributed by atoms with van der Waals surface area (Å²) >= 11 is 1.57. The highest BCUT2D eigenvalue weighted by Crippen LogP contribution is 2.27. The lowest BCUT2D eigenvalue weighted by Gasteiger charge is -2.21. The molecule has 1 heterocycles. The van der Waals surface area contributed by atoms with Gasteiger partial charge < -0.3 is 14.7 Å². The van der Waals surface area contributed by atoms with Crippen LogP contribution in [0.25, 0.3) is 0 Å². The first-order chi connectivity index (χ1) is 9.52. The third-order valence-corrected chi connectivity index (χ3v) is 3.99. The van der Waals surface area contributed by atoms with Gasteiger partial charge in [0.2, 0.25) is 0 Å². The minimum absolute atomic E-state index is 0.260. The number of thiazole rings is 1. The summed E-state index contributed by atoms with van der Waals surface area (Å²) < 4.78 is 5.17. The highest BCUT2D eigenvalue weighted by atomic mass is 32.1. The molecule has 2 aromatic rings. The van der Waals surface area contributed by atoms with Gasteiger partial charge in [0.25, 0.3) is 0 Å². The number of aryl methyl sites for hydroxylation is 1. The van der Waals surface area contributed by atoms with Crippen LogP contribution in [0, 0.1) is 6.92 Å². The molecule has 0 aliphatic carbocycles. The van der Waals surface area contributed by atoms with Crippen molar-refractivity contribution in [3.63, 3.8) is 0 Å². The van der Waals surface area contributed by atoms with Crippen molar-refractivity contribution in [3.8, 4) is 5.75 Å². The number of methoxy groups -OCH3 is 1. The molecule has 2 rings (SSSR count). The zero-order valence-corrected chi connectivity index (χ0v) is 12.4. The zero-order valence-electron chi connectivity index (χ0n) is 11.6. The first-order valence-electron chi connectivity index (χ1n) is 6.04. The fourth-order valence-electron chi connectivity index (χ4n) is 1.91. The monoisotopic (exact) mass is 292 g/mol. The number of aromatic carboxylic acids is 1. The second-order valence-corrected chi connectivity index (χ2v) is 5.34. The fraction of sp³-hybridized carbons (Fsp3) is 0.286. The topological polar surface area (TPSA) is 62.7 Å². The number of rotatable bonds is 5. The third-order valence-electron chi connectivity index (χ3n) is 3.07. The average molecular weight is 292 g/mol. The number of aromatic nitrogens is 1.